The van der Waals surface area contributed by atoms with Crippen LogP contribution in [-0.4, -0.2) is 52.6 Å². The minimum absolute atomic E-state index is 0.0250. The highest BCUT2D eigenvalue weighted by Crippen LogP contribution is 2.35. The van der Waals surface area contributed by atoms with Crippen molar-refractivity contribution in [3.05, 3.63) is 6.07 Å². The molecule has 4 aliphatic rings. The molecule has 1 aliphatic carbocycles. The molecule has 0 spiro atoms. The smallest absolute Gasteiger partial charge is 0.227 e. The van der Waals surface area contributed by atoms with Crippen LogP contribution in [0.15, 0.2) is 6.07 Å². The van der Waals surface area contributed by atoms with Gasteiger partial charge in [-0.1, -0.05) is 6.42 Å². The fraction of sp³-hybridized carbons (Fsp3) is 0.737. The molecule has 4 fully saturated rings. The number of amides is 1. The zero-order valence-electron chi connectivity index (χ0n) is 15.7. The molecule has 7 heteroatoms. The Morgan fingerprint density at radius 1 is 1.23 bits per heavy atom. The number of carbonyl (C=O) groups is 1. The van der Waals surface area contributed by atoms with Crippen molar-refractivity contribution in [1.29, 1.82) is 0 Å². The quantitative estimate of drug-likeness (QED) is 0.866. The summed E-state index contributed by atoms with van der Waals surface area (Å²) in [5, 5.41) is 0. The molecule has 3 aliphatic heterocycles. The third-order valence-corrected chi connectivity index (χ3v) is 5.86. The Hall–Kier alpha value is -2.05. The van der Waals surface area contributed by atoms with Gasteiger partial charge in [-0.2, -0.15) is 9.97 Å². The number of anilines is 2. The van der Waals surface area contributed by atoms with E-state index in [1.165, 1.54) is 19.3 Å². The number of carbonyl (C=O) groups excluding carboxylic acids is 1. The Balaban J connectivity index is 1.55. The summed E-state index contributed by atoms with van der Waals surface area (Å²) in [6.45, 7) is 6.37. The molecule has 0 radical (unpaired) electrons. The number of piperidine rings is 1. The molecule has 2 bridgehead atoms. The maximum Gasteiger partial charge on any atom is 0.227 e. The Kier molecular flexibility index (Phi) is 4.63. The molecular weight excluding hydrogens is 330 g/mol. The van der Waals surface area contributed by atoms with Crippen molar-refractivity contribution in [2.75, 3.05) is 30.3 Å². The van der Waals surface area contributed by atoms with Crippen molar-refractivity contribution in [1.82, 2.24) is 14.9 Å². The first-order valence-electron chi connectivity index (χ1n) is 9.86. The van der Waals surface area contributed by atoms with Crippen molar-refractivity contribution in [3.63, 3.8) is 0 Å². The molecule has 2 atom stereocenters. The van der Waals surface area contributed by atoms with E-state index in [1.54, 1.807) is 0 Å². The van der Waals surface area contributed by atoms with Crippen molar-refractivity contribution < 1.29 is 9.53 Å². The third kappa shape index (κ3) is 3.44. The highest BCUT2D eigenvalue weighted by molar-refractivity contribution is 5.81. The molecular formula is C19H29N5O2. The summed E-state index contributed by atoms with van der Waals surface area (Å²) < 4.78 is 5.71. The average Bonchev–Trinajstić information content (AvgIpc) is 2.81. The Labute approximate surface area is 154 Å². The highest BCUT2D eigenvalue weighted by Gasteiger charge is 2.42. The number of aromatic nitrogens is 2. The van der Waals surface area contributed by atoms with Crippen molar-refractivity contribution in [2.24, 2.45) is 11.8 Å². The molecule has 1 aromatic heterocycles. The summed E-state index contributed by atoms with van der Waals surface area (Å²) in [7, 11) is 0. The minimum Gasteiger partial charge on any atom is -0.475 e. The first kappa shape index (κ1) is 17.4. The summed E-state index contributed by atoms with van der Waals surface area (Å²) >= 11 is 0. The van der Waals surface area contributed by atoms with Gasteiger partial charge in [0, 0.05) is 31.7 Å². The van der Waals surface area contributed by atoms with E-state index in [2.05, 4.69) is 19.8 Å². The van der Waals surface area contributed by atoms with Gasteiger partial charge in [-0.05, 0) is 45.4 Å². The van der Waals surface area contributed by atoms with Crippen LogP contribution in [0.3, 0.4) is 0 Å². The van der Waals surface area contributed by atoms with Gasteiger partial charge < -0.3 is 20.3 Å². The monoisotopic (exact) mass is 359 g/mol. The fourth-order valence-electron chi connectivity index (χ4n) is 4.32. The molecule has 0 aromatic carbocycles. The van der Waals surface area contributed by atoms with Crippen LogP contribution in [0.2, 0.25) is 0 Å². The maximum absolute atomic E-state index is 13.0. The normalized spacial score (nSPS) is 26.2. The number of nitrogens with zero attached hydrogens (tertiary/aromatic N) is 4. The van der Waals surface area contributed by atoms with Crippen LogP contribution in [0.1, 0.15) is 46.0 Å². The van der Waals surface area contributed by atoms with Crippen LogP contribution < -0.4 is 15.4 Å². The number of nitrogens with two attached hydrogens (primary N) is 1. The second-order valence-electron chi connectivity index (χ2n) is 8.21. The van der Waals surface area contributed by atoms with Crippen LogP contribution in [0, 0.1) is 11.8 Å². The van der Waals surface area contributed by atoms with Gasteiger partial charge in [-0.15, -0.1) is 0 Å². The standard InChI is InChI=1S/C19H29N5O2/c1-12(2)26-17-8-16(21-19(20)22-17)23-10-14-6-7-15(11-23)24(18(14)25)9-13-4-3-5-13/h8,12-15H,3-7,9-11H2,1-2H3,(H2,20,21,22)/t14-,15+/m0/s1. The molecule has 4 heterocycles. The Bertz CT molecular complexity index is 676. The topological polar surface area (TPSA) is 84.6 Å². The number of nitrogen functional groups attached to an aromatic ring is 1. The molecule has 2 N–H and O–H groups in total. The van der Waals surface area contributed by atoms with Gasteiger partial charge in [-0.25, -0.2) is 0 Å². The Morgan fingerprint density at radius 3 is 2.73 bits per heavy atom. The lowest BCUT2D eigenvalue weighted by molar-refractivity contribution is -0.141. The van der Waals surface area contributed by atoms with Gasteiger partial charge in [0.15, 0.2) is 0 Å². The van der Waals surface area contributed by atoms with Gasteiger partial charge in [0.25, 0.3) is 0 Å². The number of ether oxygens (including phenoxy) is 1. The summed E-state index contributed by atoms with van der Waals surface area (Å²) in [5.74, 6) is 2.57. The van der Waals surface area contributed by atoms with E-state index in [4.69, 9.17) is 10.5 Å². The van der Waals surface area contributed by atoms with Crippen molar-refractivity contribution >= 4 is 17.7 Å². The largest absolute Gasteiger partial charge is 0.475 e. The van der Waals surface area contributed by atoms with E-state index in [-0.39, 0.29) is 24.0 Å². The number of hydrogen-bond donors (Lipinski definition) is 1. The van der Waals surface area contributed by atoms with Crippen molar-refractivity contribution in [3.8, 4) is 5.88 Å². The van der Waals surface area contributed by atoms with Crippen molar-refractivity contribution in [2.45, 2.75) is 58.1 Å². The lowest BCUT2D eigenvalue weighted by Gasteiger charge is -2.40. The van der Waals surface area contributed by atoms with Gasteiger partial charge in [-0.3, -0.25) is 4.79 Å². The van der Waals surface area contributed by atoms with Crippen LogP contribution in [0.25, 0.3) is 0 Å². The molecule has 0 unspecified atom stereocenters. The van der Waals surface area contributed by atoms with E-state index >= 15 is 0 Å². The molecule has 3 saturated heterocycles. The molecule has 1 aromatic rings. The van der Waals surface area contributed by atoms with Crippen LogP contribution in [0.5, 0.6) is 5.88 Å². The first-order chi connectivity index (χ1) is 12.5. The first-order valence-corrected chi connectivity index (χ1v) is 9.86. The van der Waals surface area contributed by atoms with Crippen LogP contribution >= 0.6 is 0 Å². The van der Waals surface area contributed by atoms with E-state index in [0.29, 0.717) is 24.2 Å². The summed E-state index contributed by atoms with van der Waals surface area (Å²) in [5.41, 5.74) is 5.91. The molecule has 1 amide bonds. The van der Waals surface area contributed by atoms with E-state index in [9.17, 15) is 4.79 Å². The summed E-state index contributed by atoms with van der Waals surface area (Å²) in [4.78, 5) is 25.9. The average molecular weight is 359 g/mol. The third-order valence-electron chi connectivity index (χ3n) is 5.86. The zero-order valence-corrected chi connectivity index (χ0v) is 15.7. The fourth-order valence-corrected chi connectivity index (χ4v) is 4.32. The predicted molar refractivity (Wildman–Crippen MR) is 100.0 cm³/mol. The molecule has 7 nitrogen and oxygen atoms in total. The van der Waals surface area contributed by atoms with E-state index in [1.807, 2.05) is 19.9 Å². The number of hydrogen-bond acceptors (Lipinski definition) is 6. The molecule has 142 valence electrons. The lowest BCUT2D eigenvalue weighted by atomic mass is 9.83. The predicted octanol–water partition coefficient (Wildman–Crippen LogP) is 2.07. The van der Waals surface area contributed by atoms with E-state index < -0.39 is 0 Å². The molecule has 26 heavy (non-hydrogen) atoms. The zero-order chi connectivity index (χ0) is 18.3. The van der Waals surface area contributed by atoms with Crippen LogP contribution in [-0.2, 0) is 4.79 Å². The maximum atomic E-state index is 13.0. The summed E-state index contributed by atoms with van der Waals surface area (Å²) in [6, 6.07) is 2.12. The molecule has 1 saturated carbocycles. The minimum atomic E-state index is 0.0250. The van der Waals surface area contributed by atoms with Gasteiger partial charge in [0.05, 0.1) is 12.0 Å². The molecule has 5 rings (SSSR count). The van der Waals surface area contributed by atoms with Gasteiger partial charge >= 0.3 is 0 Å². The summed E-state index contributed by atoms with van der Waals surface area (Å²) in [6.07, 6.45) is 5.92. The Morgan fingerprint density at radius 2 is 2.04 bits per heavy atom. The van der Waals surface area contributed by atoms with Crippen LogP contribution in [0.4, 0.5) is 11.8 Å². The lowest BCUT2D eigenvalue weighted by Crippen LogP contribution is -2.50. The second kappa shape index (κ2) is 6.93. The second-order valence-corrected chi connectivity index (χ2v) is 8.21. The number of rotatable bonds is 5. The highest BCUT2D eigenvalue weighted by atomic mass is 16.5. The number of fused-ring (bicyclic) bond motifs is 4. The van der Waals surface area contributed by atoms with Gasteiger partial charge in [0.2, 0.25) is 17.7 Å². The SMILES string of the molecule is CC(C)Oc1cc(N2C[C@@H]3CC[C@H](C2)N(CC2CCC2)C3=O)nc(N)n1. The van der Waals surface area contributed by atoms with Gasteiger partial charge in [0.1, 0.15) is 5.82 Å². The van der Waals surface area contributed by atoms with E-state index in [0.717, 1.165) is 31.7 Å².